The summed E-state index contributed by atoms with van der Waals surface area (Å²) in [5.74, 6) is 1.19. The predicted molar refractivity (Wildman–Crippen MR) is 104 cm³/mol. The highest BCUT2D eigenvalue weighted by molar-refractivity contribution is 6.32. The minimum absolute atomic E-state index is 0.0686. The molecule has 2 aliphatic heterocycles. The van der Waals surface area contributed by atoms with Gasteiger partial charge in [-0.1, -0.05) is 17.7 Å². The summed E-state index contributed by atoms with van der Waals surface area (Å²) < 4.78 is 16.2. The van der Waals surface area contributed by atoms with Gasteiger partial charge in [0.2, 0.25) is 5.91 Å². The van der Waals surface area contributed by atoms with Crippen LogP contribution in [0.25, 0.3) is 0 Å². The maximum absolute atomic E-state index is 12.4. The molecule has 7 heteroatoms. The Balaban J connectivity index is 1.49. The highest BCUT2D eigenvalue weighted by atomic mass is 35.5. The fourth-order valence-corrected chi connectivity index (χ4v) is 4.07. The zero-order chi connectivity index (χ0) is 19.1. The minimum atomic E-state index is 0.0686. The Morgan fingerprint density at radius 1 is 1.33 bits per heavy atom. The van der Waals surface area contributed by atoms with Crippen LogP contribution in [0.1, 0.15) is 18.4 Å². The van der Waals surface area contributed by atoms with Gasteiger partial charge in [0.1, 0.15) is 5.75 Å². The Labute approximate surface area is 166 Å². The number of ether oxygens (including phenoxy) is 3. The van der Waals surface area contributed by atoms with Gasteiger partial charge in [-0.25, -0.2) is 0 Å². The lowest BCUT2D eigenvalue weighted by Gasteiger charge is -2.37. The smallest absolute Gasteiger partial charge is 0.220 e. The van der Waals surface area contributed by atoms with Crippen molar-refractivity contribution in [2.45, 2.75) is 25.3 Å². The fourth-order valence-electron chi connectivity index (χ4n) is 3.79. The number of halogens is 1. The van der Waals surface area contributed by atoms with Crippen LogP contribution in [0, 0.1) is 5.92 Å². The number of morpholine rings is 1. The van der Waals surface area contributed by atoms with E-state index in [1.54, 1.807) is 7.11 Å². The third-order valence-electron chi connectivity index (χ3n) is 5.39. The second-order valence-corrected chi connectivity index (χ2v) is 7.52. The highest BCUT2D eigenvalue weighted by Crippen LogP contribution is 2.25. The maximum Gasteiger partial charge on any atom is 0.220 e. The van der Waals surface area contributed by atoms with Gasteiger partial charge in [0, 0.05) is 44.6 Å². The average Bonchev–Trinajstić information content (AvgIpc) is 3.22. The summed E-state index contributed by atoms with van der Waals surface area (Å²) in [7, 11) is 1.59. The van der Waals surface area contributed by atoms with Gasteiger partial charge in [0.25, 0.3) is 0 Å². The molecule has 0 bridgehead atoms. The molecule has 2 saturated heterocycles. The number of methoxy groups -OCH3 is 1. The summed E-state index contributed by atoms with van der Waals surface area (Å²) in [6.45, 7) is 5.62. The number of benzene rings is 1. The van der Waals surface area contributed by atoms with Gasteiger partial charge in [-0.3, -0.25) is 9.69 Å². The van der Waals surface area contributed by atoms with Crippen LogP contribution in [-0.2, 0) is 20.7 Å². The number of hydrogen-bond donors (Lipinski definition) is 1. The SMILES string of the molecule is COc1ccc(CCC(=O)NCC(C2CCOC2)N2CCOCC2)cc1Cl. The van der Waals surface area contributed by atoms with E-state index in [9.17, 15) is 4.79 Å². The van der Waals surface area contributed by atoms with E-state index in [1.807, 2.05) is 18.2 Å². The number of amides is 1. The third kappa shape index (κ3) is 5.82. The van der Waals surface area contributed by atoms with E-state index < -0.39 is 0 Å². The number of nitrogens with one attached hydrogen (secondary N) is 1. The molecule has 1 aromatic carbocycles. The quantitative estimate of drug-likeness (QED) is 0.729. The zero-order valence-corrected chi connectivity index (χ0v) is 16.7. The molecule has 0 spiro atoms. The van der Waals surface area contributed by atoms with Crippen molar-refractivity contribution < 1.29 is 19.0 Å². The van der Waals surface area contributed by atoms with Gasteiger partial charge >= 0.3 is 0 Å². The summed E-state index contributed by atoms with van der Waals surface area (Å²) in [5.41, 5.74) is 1.03. The van der Waals surface area contributed by atoms with Crippen LogP contribution >= 0.6 is 11.6 Å². The molecular formula is C20H29ClN2O4. The second kappa shape index (κ2) is 10.3. The molecule has 2 unspecified atom stereocenters. The number of nitrogens with zero attached hydrogens (tertiary/aromatic N) is 1. The molecule has 6 nitrogen and oxygen atoms in total. The van der Waals surface area contributed by atoms with E-state index >= 15 is 0 Å². The molecule has 1 N–H and O–H groups in total. The van der Waals surface area contributed by atoms with Crippen molar-refractivity contribution in [3.8, 4) is 5.75 Å². The van der Waals surface area contributed by atoms with Crippen LogP contribution in [0.15, 0.2) is 18.2 Å². The number of carbonyl (C=O) groups excluding carboxylic acids is 1. The van der Waals surface area contributed by atoms with Crippen molar-refractivity contribution in [2.75, 3.05) is 53.2 Å². The molecule has 2 aliphatic rings. The van der Waals surface area contributed by atoms with Crippen LogP contribution in [-0.4, -0.2) is 70.0 Å². The summed E-state index contributed by atoms with van der Waals surface area (Å²) in [6, 6.07) is 5.96. The molecule has 0 radical (unpaired) electrons. The third-order valence-corrected chi connectivity index (χ3v) is 5.68. The summed E-state index contributed by atoms with van der Waals surface area (Å²) >= 11 is 6.15. The van der Waals surface area contributed by atoms with Gasteiger partial charge in [-0.15, -0.1) is 0 Å². The highest BCUT2D eigenvalue weighted by Gasteiger charge is 2.31. The monoisotopic (exact) mass is 396 g/mol. The molecule has 1 aromatic rings. The molecule has 2 heterocycles. The topological polar surface area (TPSA) is 60.0 Å². The Hall–Kier alpha value is -1.34. The predicted octanol–water partition coefficient (Wildman–Crippen LogP) is 2.13. The van der Waals surface area contributed by atoms with Gasteiger partial charge in [-0.2, -0.15) is 0 Å². The van der Waals surface area contributed by atoms with Gasteiger partial charge in [0.15, 0.2) is 0 Å². The van der Waals surface area contributed by atoms with E-state index in [1.165, 1.54) is 0 Å². The average molecular weight is 397 g/mol. The molecule has 3 rings (SSSR count). The van der Waals surface area contributed by atoms with E-state index in [0.717, 1.165) is 51.5 Å². The van der Waals surface area contributed by atoms with Gasteiger partial charge in [0.05, 0.1) is 32.0 Å². The van der Waals surface area contributed by atoms with Crippen LogP contribution in [0.4, 0.5) is 0 Å². The molecule has 2 fully saturated rings. The first-order valence-corrected chi connectivity index (χ1v) is 10.0. The van der Waals surface area contributed by atoms with E-state index in [2.05, 4.69) is 10.2 Å². The normalized spacial score (nSPS) is 21.8. The summed E-state index contributed by atoms with van der Waals surface area (Å²) in [5, 5.41) is 3.70. The Bertz CT molecular complexity index is 616. The van der Waals surface area contributed by atoms with Crippen LogP contribution in [0.3, 0.4) is 0 Å². The van der Waals surface area contributed by atoms with Gasteiger partial charge < -0.3 is 19.5 Å². The van der Waals surface area contributed by atoms with Crippen LogP contribution < -0.4 is 10.1 Å². The van der Waals surface area contributed by atoms with Crippen molar-refractivity contribution >= 4 is 17.5 Å². The van der Waals surface area contributed by atoms with Gasteiger partial charge in [-0.05, 0) is 30.5 Å². The fraction of sp³-hybridized carbons (Fsp3) is 0.650. The van der Waals surface area contributed by atoms with E-state index in [0.29, 0.717) is 42.1 Å². The number of carbonyl (C=O) groups is 1. The van der Waals surface area contributed by atoms with Crippen molar-refractivity contribution in [1.82, 2.24) is 10.2 Å². The van der Waals surface area contributed by atoms with Crippen molar-refractivity contribution in [2.24, 2.45) is 5.92 Å². The summed E-state index contributed by atoms with van der Waals surface area (Å²) in [6.07, 6.45) is 2.16. The minimum Gasteiger partial charge on any atom is -0.495 e. The molecular weight excluding hydrogens is 368 g/mol. The lowest BCUT2D eigenvalue weighted by molar-refractivity contribution is -0.121. The Kier molecular flexibility index (Phi) is 7.76. The molecule has 27 heavy (non-hydrogen) atoms. The Morgan fingerprint density at radius 2 is 2.15 bits per heavy atom. The molecule has 150 valence electrons. The molecule has 0 aromatic heterocycles. The lowest BCUT2D eigenvalue weighted by Crippen LogP contribution is -2.52. The first-order valence-electron chi connectivity index (χ1n) is 9.66. The second-order valence-electron chi connectivity index (χ2n) is 7.11. The molecule has 1 amide bonds. The number of aryl methyl sites for hydroxylation is 1. The van der Waals surface area contributed by atoms with Crippen LogP contribution in [0.2, 0.25) is 5.02 Å². The van der Waals surface area contributed by atoms with Crippen molar-refractivity contribution in [3.05, 3.63) is 28.8 Å². The summed E-state index contributed by atoms with van der Waals surface area (Å²) in [4.78, 5) is 14.8. The number of hydrogen-bond acceptors (Lipinski definition) is 5. The Morgan fingerprint density at radius 3 is 2.81 bits per heavy atom. The van der Waals surface area contributed by atoms with E-state index in [-0.39, 0.29) is 5.91 Å². The first-order chi connectivity index (χ1) is 13.2. The number of rotatable bonds is 8. The first kappa shape index (κ1) is 20.4. The largest absolute Gasteiger partial charge is 0.495 e. The molecule has 2 atom stereocenters. The maximum atomic E-state index is 12.4. The van der Waals surface area contributed by atoms with Crippen LogP contribution in [0.5, 0.6) is 5.75 Å². The van der Waals surface area contributed by atoms with Crippen molar-refractivity contribution in [3.63, 3.8) is 0 Å². The molecule has 0 aliphatic carbocycles. The lowest BCUT2D eigenvalue weighted by atomic mass is 9.96. The van der Waals surface area contributed by atoms with Crippen molar-refractivity contribution in [1.29, 1.82) is 0 Å². The standard InChI is InChI=1S/C20H29ClN2O4/c1-25-19-4-2-15(12-17(19)21)3-5-20(24)22-13-18(16-6-9-27-14-16)23-7-10-26-11-8-23/h2,4,12,16,18H,3,5-11,13-14H2,1H3,(H,22,24). The zero-order valence-electron chi connectivity index (χ0n) is 15.9. The van der Waals surface area contributed by atoms with E-state index in [4.69, 9.17) is 25.8 Å². The molecule has 0 saturated carbocycles.